The molecule has 6 nitrogen and oxygen atoms in total. The largest absolute Gasteiger partial charge is 0.462 e. The Balaban J connectivity index is 4.56. The number of rotatable bonds is 50. The Morgan fingerprint density at radius 1 is 0.460 bits per heavy atom. The maximum absolute atomic E-state index is 13.2. The Morgan fingerprint density at radius 2 is 0.810 bits per heavy atom. The summed E-state index contributed by atoms with van der Waals surface area (Å²) in [4.78, 5) is 26.2. The van der Waals surface area contributed by atoms with Crippen LogP contribution in [0, 0.1) is 0 Å². The second-order valence-corrected chi connectivity index (χ2v) is 19.1. The summed E-state index contributed by atoms with van der Waals surface area (Å²) in [6, 6.07) is -0.710. The van der Waals surface area contributed by atoms with E-state index in [-0.39, 0.29) is 24.9 Å². The van der Waals surface area contributed by atoms with Gasteiger partial charge in [0.25, 0.3) is 0 Å². The molecule has 0 saturated carbocycles. The van der Waals surface area contributed by atoms with Gasteiger partial charge in [-0.2, -0.15) is 0 Å². The van der Waals surface area contributed by atoms with Crippen LogP contribution in [0.3, 0.4) is 0 Å². The van der Waals surface area contributed by atoms with Crippen LogP contribution in [0.1, 0.15) is 290 Å². The highest BCUT2D eigenvalue weighted by Gasteiger charge is 2.24. The van der Waals surface area contributed by atoms with E-state index in [0.29, 0.717) is 19.3 Å². The van der Waals surface area contributed by atoms with Gasteiger partial charge in [0.05, 0.1) is 25.2 Å². The summed E-state index contributed by atoms with van der Waals surface area (Å²) >= 11 is 0. The Hall–Kier alpha value is -1.92. The van der Waals surface area contributed by atoms with E-state index in [2.05, 4.69) is 62.5 Å². The molecule has 0 bridgehead atoms. The van der Waals surface area contributed by atoms with Crippen molar-refractivity contribution in [1.82, 2.24) is 5.32 Å². The van der Waals surface area contributed by atoms with Crippen LogP contribution in [0.25, 0.3) is 0 Å². The van der Waals surface area contributed by atoms with Crippen LogP contribution in [0.4, 0.5) is 0 Å². The quantitative estimate of drug-likeness (QED) is 0.0321. The molecule has 0 aromatic rings. The zero-order valence-corrected chi connectivity index (χ0v) is 42.2. The molecule has 0 fully saturated rings. The normalized spacial score (nSPS) is 13.4. The lowest BCUT2D eigenvalue weighted by molar-refractivity contribution is -0.151. The van der Waals surface area contributed by atoms with Gasteiger partial charge in [-0.1, -0.05) is 263 Å². The minimum absolute atomic E-state index is 0.0588. The summed E-state index contributed by atoms with van der Waals surface area (Å²) in [5, 5.41) is 23.8. The molecule has 3 unspecified atom stereocenters. The molecular weight excluding hydrogens is 779 g/mol. The number of aliphatic hydroxyl groups is 2. The van der Waals surface area contributed by atoms with Crippen LogP contribution in [0.2, 0.25) is 0 Å². The summed E-state index contributed by atoms with van der Waals surface area (Å²) < 4.78 is 5.93. The molecule has 0 radical (unpaired) electrons. The lowest BCUT2D eigenvalue weighted by Gasteiger charge is -2.24. The smallest absolute Gasteiger partial charge is 0.306 e. The third kappa shape index (κ3) is 46.4. The first-order valence-corrected chi connectivity index (χ1v) is 27.7. The first-order chi connectivity index (χ1) is 31.0. The fourth-order valence-corrected chi connectivity index (χ4v) is 8.55. The first-order valence-electron chi connectivity index (χ1n) is 27.7. The SMILES string of the molecule is CCCCCCC/C=C/C=C/C=C/CCCCCC(CC(=O)NC(CO)C(O)CCCCCCCCCCCCCCCCCCC)OC(=O)CCCCCCCCCCCCC. The van der Waals surface area contributed by atoms with E-state index in [4.69, 9.17) is 4.74 Å². The van der Waals surface area contributed by atoms with Crippen molar-refractivity contribution in [2.75, 3.05) is 6.61 Å². The number of amides is 1. The molecule has 0 rings (SSSR count). The van der Waals surface area contributed by atoms with E-state index < -0.39 is 18.2 Å². The van der Waals surface area contributed by atoms with Crippen molar-refractivity contribution in [1.29, 1.82) is 0 Å². The number of allylic oxidation sites excluding steroid dienone is 6. The Morgan fingerprint density at radius 3 is 1.22 bits per heavy atom. The van der Waals surface area contributed by atoms with Gasteiger partial charge in [-0.25, -0.2) is 0 Å². The van der Waals surface area contributed by atoms with Gasteiger partial charge in [0.15, 0.2) is 0 Å². The highest BCUT2D eigenvalue weighted by molar-refractivity contribution is 5.77. The second kappa shape index (κ2) is 51.1. The summed E-state index contributed by atoms with van der Waals surface area (Å²) in [6.07, 6.45) is 60.6. The lowest BCUT2D eigenvalue weighted by Crippen LogP contribution is -2.46. The molecule has 63 heavy (non-hydrogen) atoms. The fraction of sp³-hybridized carbons (Fsp3) is 0.860. The molecule has 1 amide bonds. The number of aliphatic hydroxyl groups excluding tert-OH is 2. The Bertz CT molecular complexity index is 1040. The molecule has 0 spiro atoms. The molecule has 0 saturated heterocycles. The third-order valence-corrected chi connectivity index (χ3v) is 12.8. The average molecular weight is 886 g/mol. The number of unbranched alkanes of at least 4 members (excludes halogenated alkanes) is 34. The maximum Gasteiger partial charge on any atom is 0.306 e. The molecule has 0 aromatic heterocycles. The predicted molar refractivity (Wildman–Crippen MR) is 273 cm³/mol. The summed E-state index contributed by atoms with van der Waals surface area (Å²) in [5.74, 6) is -0.496. The standard InChI is InChI=1S/C57H107NO5/c1-4-7-10-13-16-19-22-24-26-28-30-32-35-37-40-43-46-49-55(60)54(52-59)58-56(61)51-53(63-57(62)50-47-44-41-38-33-21-18-15-12-9-6-3)48-45-42-39-36-34-31-29-27-25-23-20-17-14-11-8-5-2/h23,25,27,29,31,34,53-55,59-60H,4-22,24,26,28,30,32-33,35-52H2,1-3H3,(H,58,61)/b25-23+,29-27+,34-31+. The van der Waals surface area contributed by atoms with Crippen LogP contribution in [-0.4, -0.2) is 46.9 Å². The number of hydrogen-bond acceptors (Lipinski definition) is 5. The predicted octanol–water partition coefficient (Wildman–Crippen LogP) is 16.8. The zero-order valence-electron chi connectivity index (χ0n) is 42.2. The van der Waals surface area contributed by atoms with Gasteiger partial charge < -0.3 is 20.3 Å². The topological polar surface area (TPSA) is 95.9 Å². The van der Waals surface area contributed by atoms with Gasteiger partial charge in [-0.3, -0.25) is 9.59 Å². The highest BCUT2D eigenvalue weighted by atomic mass is 16.5. The van der Waals surface area contributed by atoms with Crippen LogP contribution in [0.15, 0.2) is 36.5 Å². The Labute approximate surface area is 392 Å². The molecule has 0 aliphatic rings. The van der Waals surface area contributed by atoms with Gasteiger partial charge in [-0.05, 0) is 51.4 Å². The number of esters is 1. The molecule has 0 aromatic carbocycles. The van der Waals surface area contributed by atoms with E-state index in [1.807, 2.05) is 0 Å². The molecule has 370 valence electrons. The van der Waals surface area contributed by atoms with E-state index >= 15 is 0 Å². The second-order valence-electron chi connectivity index (χ2n) is 19.1. The van der Waals surface area contributed by atoms with Gasteiger partial charge >= 0.3 is 5.97 Å². The molecular formula is C57H107NO5. The van der Waals surface area contributed by atoms with Crippen molar-refractivity contribution in [2.24, 2.45) is 0 Å². The number of carbonyl (C=O) groups excluding carboxylic acids is 2. The summed E-state index contributed by atoms with van der Waals surface area (Å²) in [5.41, 5.74) is 0. The van der Waals surface area contributed by atoms with Crippen LogP contribution in [-0.2, 0) is 14.3 Å². The van der Waals surface area contributed by atoms with Gasteiger partial charge in [0.2, 0.25) is 5.91 Å². The van der Waals surface area contributed by atoms with Crippen molar-refractivity contribution >= 4 is 11.9 Å². The fourth-order valence-electron chi connectivity index (χ4n) is 8.55. The molecule has 3 N–H and O–H groups in total. The minimum Gasteiger partial charge on any atom is -0.462 e. The molecule has 6 heteroatoms. The lowest BCUT2D eigenvalue weighted by atomic mass is 10.0. The van der Waals surface area contributed by atoms with Gasteiger partial charge in [0.1, 0.15) is 6.10 Å². The van der Waals surface area contributed by atoms with Gasteiger partial charge in [-0.15, -0.1) is 0 Å². The molecule has 0 aliphatic heterocycles. The Kier molecular flexibility index (Phi) is 49.5. The number of nitrogens with one attached hydrogen (secondary N) is 1. The van der Waals surface area contributed by atoms with E-state index in [1.165, 1.54) is 173 Å². The van der Waals surface area contributed by atoms with Crippen LogP contribution in [0.5, 0.6) is 0 Å². The van der Waals surface area contributed by atoms with E-state index in [9.17, 15) is 19.8 Å². The maximum atomic E-state index is 13.2. The van der Waals surface area contributed by atoms with Crippen molar-refractivity contribution in [2.45, 2.75) is 309 Å². The zero-order chi connectivity index (χ0) is 45.9. The van der Waals surface area contributed by atoms with E-state index in [0.717, 1.165) is 70.6 Å². The van der Waals surface area contributed by atoms with Crippen molar-refractivity contribution in [3.8, 4) is 0 Å². The molecule has 0 aliphatic carbocycles. The van der Waals surface area contributed by atoms with Crippen molar-refractivity contribution in [3.63, 3.8) is 0 Å². The minimum atomic E-state index is -0.795. The average Bonchev–Trinajstić information content (AvgIpc) is 3.28. The van der Waals surface area contributed by atoms with E-state index in [1.54, 1.807) is 0 Å². The molecule has 3 atom stereocenters. The summed E-state index contributed by atoms with van der Waals surface area (Å²) in [7, 11) is 0. The molecule has 0 heterocycles. The van der Waals surface area contributed by atoms with Crippen LogP contribution < -0.4 is 5.32 Å². The summed E-state index contributed by atoms with van der Waals surface area (Å²) in [6.45, 7) is 6.48. The number of carbonyl (C=O) groups is 2. The van der Waals surface area contributed by atoms with Crippen LogP contribution >= 0.6 is 0 Å². The number of hydrogen-bond donors (Lipinski definition) is 3. The third-order valence-electron chi connectivity index (χ3n) is 12.8. The monoisotopic (exact) mass is 886 g/mol. The van der Waals surface area contributed by atoms with Gasteiger partial charge in [0, 0.05) is 6.42 Å². The highest BCUT2D eigenvalue weighted by Crippen LogP contribution is 2.18. The first kappa shape index (κ1) is 61.1. The van der Waals surface area contributed by atoms with Crippen molar-refractivity contribution in [3.05, 3.63) is 36.5 Å². The van der Waals surface area contributed by atoms with Crippen molar-refractivity contribution < 1.29 is 24.5 Å². The number of ether oxygens (including phenoxy) is 1.